The second-order valence-electron chi connectivity index (χ2n) is 8.68. The highest BCUT2D eigenvalue weighted by molar-refractivity contribution is 5.91. The molecule has 0 unspecified atom stereocenters. The standard InChI is InChI=1S/C28H42O5/c1-5-7-9-11-12-13-14-16-20-30-23-18-17-19-24-25(23)26(32-22(3)4)27(28(29)33-24)31-21-15-10-8-6-2/h8,10,17-19,22H,5-7,9,11-16,20-21H2,1-4H3/b10-8+. The molecule has 0 N–H and O–H groups in total. The molecule has 0 fully saturated rings. The summed E-state index contributed by atoms with van der Waals surface area (Å²) in [5.41, 5.74) is -0.0832. The molecule has 1 aromatic carbocycles. The van der Waals surface area contributed by atoms with Crippen molar-refractivity contribution in [1.82, 2.24) is 0 Å². The molecule has 0 aliphatic heterocycles. The molecule has 0 radical (unpaired) electrons. The number of allylic oxidation sites excluding steroid dienone is 1. The predicted octanol–water partition coefficient (Wildman–Crippen LogP) is 7.83. The molecular formula is C28H42O5. The average Bonchev–Trinajstić information content (AvgIpc) is 2.79. The van der Waals surface area contributed by atoms with E-state index in [2.05, 4.69) is 19.9 Å². The van der Waals surface area contributed by atoms with E-state index >= 15 is 0 Å². The molecule has 0 saturated carbocycles. The molecule has 0 aliphatic rings. The molecule has 5 nitrogen and oxygen atoms in total. The van der Waals surface area contributed by atoms with Crippen molar-refractivity contribution in [2.45, 2.75) is 98.0 Å². The highest BCUT2D eigenvalue weighted by Gasteiger charge is 2.22. The molecule has 184 valence electrons. The van der Waals surface area contributed by atoms with Gasteiger partial charge in [-0.3, -0.25) is 0 Å². The number of hydrogen-bond donors (Lipinski definition) is 0. The normalized spacial score (nSPS) is 11.5. The van der Waals surface area contributed by atoms with Gasteiger partial charge in [-0.15, -0.1) is 0 Å². The van der Waals surface area contributed by atoms with Crippen LogP contribution in [0.2, 0.25) is 0 Å². The summed E-state index contributed by atoms with van der Waals surface area (Å²) in [6.07, 6.45) is 15.6. The topological polar surface area (TPSA) is 57.9 Å². The number of benzene rings is 1. The number of hydrogen-bond acceptors (Lipinski definition) is 5. The maximum absolute atomic E-state index is 12.7. The first kappa shape index (κ1) is 26.8. The summed E-state index contributed by atoms with van der Waals surface area (Å²) in [4.78, 5) is 12.7. The maximum Gasteiger partial charge on any atom is 0.383 e. The van der Waals surface area contributed by atoms with E-state index in [4.69, 9.17) is 18.6 Å². The van der Waals surface area contributed by atoms with E-state index in [9.17, 15) is 4.79 Å². The molecule has 0 spiro atoms. The minimum atomic E-state index is -0.530. The van der Waals surface area contributed by atoms with Gasteiger partial charge in [-0.05, 0) is 45.2 Å². The van der Waals surface area contributed by atoms with Crippen molar-refractivity contribution in [3.63, 3.8) is 0 Å². The summed E-state index contributed by atoms with van der Waals surface area (Å²) in [5.74, 6) is 1.18. The Hall–Kier alpha value is -2.43. The van der Waals surface area contributed by atoms with Crippen LogP contribution in [0.5, 0.6) is 17.2 Å². The van der Waals surface area contributed by atoms with Gasteiger partial charge in [0.1, 0.15) is 16.7 Å². The Morgan fingerprint density at radius 2 is 1.61 bits per heavy atom. The van der Waals surface area contributed by atoms with Crippen LogP contribution in [0, 0.1) is 0 Å². The first-order chi connectivity index (χ1) is 16.1. The van der Waals surface area contributed by atoms with Crippen LogP contribution in [0.15, 0.2) is 39.6 Å². The van der Waals surface area contributed by atoms with Crippen molar-refractivity contribution in [3.05, 3.63) is 40.8 Å². The smallest absolute Gasteiger partial charge is 0.383 e. The summed E-state index contributed by atoms with van der Waals surface area (Å²) in [6, 6.07) is 5.50. The minimum absolute atomic E-state index is 0.115. The highest BCUT2D eigenvalue weighted by atomic mass is 16.5. The lowest BCUT2D eigenvalue weighted by atomic mass is 10.1. The highest BCUT2D eigenvalue weighted by Crippen LogP contribution is 2.39. The molecule has 33 heavy (non-hydrogen) atoms. The van der Waals surface area contributed by atoms with Crippen LogP contribution in [0.1, 0.15) is 91.9 Å². The van der Waals surface area contributed by atoms with Crippen molar-refractivity contribution < 1.29 is 18.6 Å². The fourth-order valence-electron chi connectivity index (χ4n) is 3.70. The zero-order valence-corrected chi connectivity index (χ0v) is 21.0. The van der Waals surface area contributed by atoms with Crippen molar-refractivity contribution in [2.75, 3.05) is 13.2 Å². The third-order valence-electron chi connectivity index (χ3n) is 5.35. The van der Waals surface area contributed by atoms with Gasteiger partial charge in [-0.2, -0.15) is 0 Å². The minimum Gasteiger partial charge on any atom is -0.493 e. The Balaban J connectivity index is 2.12. The Morgan fingerprint density at radius 1 is 0.879 bits per heavy atom. The van der Waals surface area contributed by atoms with Gasteiger partial charge in [-0.1, -0.05) is 77.0 Å². The van der Waals surface area contributed by atoms with Crippen LogP contribution in [-0.2, 0) is 0 Å². The van der Waals surface area contributed by atoms with E-state index in [1.54, 1.807) is 6.07 Å². The van der Waals surface area contributed by atoms with Crippen LogP contribution >= 0.6 is 0 Å². The molecule has 1 heterocycles. The zero-order valence-electron chi connectivity index (χ0n) is 21.0. The van der Waals surface area contributed by atoms with Gasteiger partial charge < -0.3 is 18.6 Å². The monoisotopic (exact) mass is 458 g/mol. The van der Waals surface area contributed by atoms with Gasteiger partial charge in [-0.25, -0.2) is 4.79 Å². The van der Waals surface area contributed by atoms with Crippen LogP contribution in [0.25, 0.3) is 11.0 Å². The molecule has 5 heteroatoms. The molecular weight excluding hydrogens is 416 g/mol. The van der Waals surface area contributed by atoms with E-state index < -0.39 is 5.63 Å². The lowest BCUT2D eigenvalue weighted by Gasteiger charge is -2.18. The number of fused-ring (bicyclic) bond motifs is 1. The summed E-state index contributed by atoms with van der Waals surface area (Å²) >= 11 is 0. The molecule has 2 rings (SSSR count). The Bertz CT molecular complexity index is 897. The van der Waals surface area contributed by atoms with Gasteiger partial charge >= 0.3 is 5.63 Å². The average molecular weight is 459 g/mol. The molecule has 0 aliphatic carbocycles. The van der Waals surface area contributed by atoms with Crippen molar-refractivity contribution in [1.29, 1.82) is 0 Å². The van der Waals surface area contributed by atoms with Crippen molar-refractivity contribution in [2.24, 2.45) is 0 Å². The van der Waals surface area contributed by atoms with Gasteiger partial charge in [0.2, 0.25) is 5.75 Å². The van der Waals surface area contributed by atoms with E-state index in [-0.39, 0.29) is 11.9 Å². The van der Waals surface area contributed by atoms with Crippen LogP contribution < -0.4 is 19.8 Å². The van der Waals surface area contributed by atoms with E-state index in [0.29, 0.717) is 42.1 Å². The van der Waals surface area contributed by atoms with E-state index in [1.807, 2.05) is 32.1 Å². The Morgan fingerprint density at radius 3 is 2.30 bits per heavy atom. The predicted molar refractivity (Wildman–Crippen MR) is 136 cm³/mol. The quantitative estimate of drug-likeness (QED) is 0.137. The molecule has 1 aromatic heterocycles. The summed E-state index contributed by atoms with van der Waals surface area (Å²) in [5, 5.41) is 0.657. The lowest BCUT2D eigenvalue weighted by molar-refractivity contribution is 0.218. The number of rotatable bonds is 17. The van der Waals surface area contributed by atoms with E-state index in [1.165, 1.54) is 38.5 Å². The molecule has 2 aromatic rings. The molecule has 0 atom stereocenters. The molecule has 0 saturated heterocycles. The first-order valence-electron chi connectivity index (χ1n) is 12.8. The van der Waals surface area contributed by atoms with Crippen molar-refractivity contribution >= 4 is 11.0 Å². The first-order valence-corrected chi connectivity index (χ1v) is 12.8. The van der Waals surface area contributed by atoms with Crippen LogP contribution in [0.3, 0.4) is 0 Å². The number of ether oxygens (including phenoxy) is 3. The SMILES string of the molecule is CC/C=C/CCOc1c(OC(C)C)c2c(OCCCCCCCCCC)cccc2oc1=O. The fourth-order valence-corrected chi connectivity index (χ4v) is 3.70. The van der Waals surface area contributed by atoms with Gasteiger partial charge in [0.15, 0.2) is 5.75 Å². The second-order valence-corrected chi connectivity index (χ2v) is 8.68. The third kappa shape index (κ3) is 9.15. The molecule has 0 bridgehead atoms. The fraction of sp³-hybridized carbons (Fsp3) is 0.607. The van der Waals surface area contributed by atoms with E-state index in [0.717, 1.165) is 19.3 Å². The summed E-state index contributed by atoms with van der Waals surface area (Å²) in [6.45, 7) is 9.18. The van der Waals surface area contributed by atoms with Crippen LogP contribution in [0.4, 0.5) is 0 Å². The summed E-state index contributed by atoms with van der Waals surface area (Å²) < 4.78 is 23.6. The zero-order chi connectivity index (χ0) is 23.9. The second kappa shape index (κ2) is 15.4. The van der Waals surface area contributed by atoms with Gasteiger partial charge in [0, 0.05) is 0 Å². The Kier molecular flexibility index (Phi) is 12.5. The lowest BCUT2D eigenvalue weighted by Crippen LogP contribution is -2.14. The molecule has 0 amide bonds. The van der Waals surface area contributed by atoms with Gasteiger partial charge in [0.05, 0.1) is 19.3 Å². The van der Waals surface area contributed by atoms with Crippen LogP contribution in [-0.4, -0.2) is 19.3 Å². The largest absolute Gasteiger partial charge is 0.493 e. The van der Waals surface area contributed by atoms with Crippen molar-refractivity contribution in [3.8, 4) is 17.2 Å². The number of unbranched alkanes of at least 4 members (excludes halogenated alkanes) is 7. The summed E-state index contributed by atoms with van der Waals surface area (Å²) in [7, 11) is 0. The Labute approximate surface area is 199 Å². The maximum atomic E-state index is 12.7. The third-order valence-corrected chi connectivity index (χ3v) is 5.35. The van der Waals surface area contributed by atoms with Gasteiger partial charge in [0.25, 0.3) is 0 Å².